The van der Waals surface area contributed by atoms with Gasteiger partial charge >= 0.3 is 0 Å². The number of hydrogen-bond donors (Lipinski definition) is 2. The Morgan fingerprint density at radius 3 is 2.35 bits per heavy atom. The Morgan fingerprint density at radius 1 is 1.15 bits per heavy atom. The molecule has 7 heteroatoms. The molecule has 0 radical (unpaired) electrons. The smallest absolute Gasteiger partial charge is 0.241 e. The van der Waals surface area contributed by atoms with E-state index in [4.69, 9.17) is 4.74 Å². The maximum absolute atomic E-state index is 12.6. The van der Waals surface area contributed by atoms with Crippen molar-refractivity contribution in [3.05, 3.63) is 23.8 Å². The zero-order valence-corrected chi connectivity index (χ0v) is 16.7. The lowest BCUT2D eigenvalue weighted by atomic mass is 9.96. The number of rotatable bonds is 6. The lowest BCUT2D eigenvalue weighted by molar-refractivity contribution is -0.123. The van der Waals surface area contributed by atoms with Crippen LogP contribution in [0.2, 0.25) is 0 Å². The van der Waals surface area contributed by atoms with Gasteiger partial charge in [-0.1, -0.05) is 32.1 Å². The molecular weight excluding hydrogens is 352 g/mol. The maximum atomic E-state index is 12.6. The monoisotopic (exact) mass is 382 g/mol. The molecule has 0 saturated heterocycles. The lowest BCUT2D eigenvalue weighted by Crippen LogP contribution is -2.48. The first kappa shape index (κ1) is 20.7. The number of aryl methyl sites for hydroxylation is 1. The number of carbonyl (C=O) groups excluding carboxylic acids is 1. The van der Waals surface area contributed by atoms with Crippen molar-refractivity contribution in [2.75, 3.05) is 7.11 Å². The van der Waals surface area contributed by atoms with Crippen LogP contribution in [0, 0.1) is 6.92 Å². The molecule has 26 heavy (non-hydrogen) atoms. The Bertz CT molecular complexity index is 710. The summed E-state index contributed by atoms with van der Waals surface area (Å²) >= 11 is 0. The lowest BCUT2D eigenvalue weighted by Gasteiger charge is -2.23. The van der Waals surface area contributed by atoms with E-state index in [2.05, 4.69) is 10.0 Å². The van der Waals surface area contributed by atoms with Gasteiger partial charge in [0.1, 0.15) is 5.75 Å². The molecule has 2 rings (SSSR count). The molecule has 0 spiro atoms. The van der Waals surface area contributed by atoms with Crippen molar-refractivity contribution in [2.45, 2.75) is 75.8 Å². The first-order valence-corrected chi connectivity index (χ1v) is 10.8. The van der Waals surface area contributed by atoms with Crippen molar-refractivity contribution >= 4 is 15.9 Å². The molecule has 146 valence electrons. The fourth-order valence-corrected chi connectivity index (χ4v) is 4.59. The molecule has 0 bridgehead atoms. The topological polar surface area (TPSA) is 84.5 Å². The highest BCUT2D eigenvalue weighted by atomic mass is 32.2. The summed E-state index contributed by atoms with van der Waals surface area (Å²) in [4.78, 5) is 12.6. The zero-order chi connectivity index (χ0) is 19.2. The first-order valence-electron chi connectivity index (χ1n) is 9.31. The van der Waals surface area contributed by atoms with Crippen LogP contribution < -0.4 is 14.8 Å². The van der Waals surface area contributed by atoms with Crippen LogP contribution in [0.25, 0.3) is 0 Å². The van der Waals surface area contributed by atoms with Crippen LogP contribution in [-0.2, 0) is 14.8 Å². The Balaban J connectivity index is 1.99. The molecule has 1 aromatic carbocycles. The van der Waals surface area contributed by atoms with Crippen molar-refractivity contribution in [3.63, 3.8) is 0 Å². The number of nitrogens with one attached hydrogen (secondary N) is 2. The van der Waals surface area contributed by atoms with Crippen LogP contribution in [0.1, 0.15) is 57.4 Å². The van der Waals surface area contributed by atoms with E-state index in [-0.39, 0.29) is 16.8 Å². The quantitative estimate of drug-likeness (QED) is 0.792. The van der Waals surface area contributed by atoms with Gasteiger partial charge in [-0.05, 0) is 50.5 Å². The van der Waals surface area contributed by atoms with Crippen molar-refractivity contribution in [3.8, 4) is 5.75 Å². The molecule has 0 heterocycles. The number of carbonyl (C=O) groups is 1. The van der Waals surface area contributed by atoms with E-state index < -0.39 is 16.1 Å². The molecule has 2 N–H and O–H groups in total. The van der Waals surface area contributed by atoms with E-state index in [1.807, 2.05) is 0 Å². The summed E-state index contributed by atoms with van der Waals surface area (Å²) in [7, 11) is -2.23. The van der Waals surface area contributed by atoms with Crippen molar-refractivity contribution < 1.29 is 17.9 Å². The minimum absolute atomic E-state index is 0.126. The van der Waals surface area contributed by atoms with Crippen molar-refractivity contribution in [2.24, 2.45) is 0 Å². The van der Waals surface area contributed by atoms with Gasteiger partial charge < -0.3 is 10.1 Å². The SMILES string of the molecule is COc1ccc(S(=O)(=O)N[C@@H](C)C(=O)NC2CCCCCCC2)cc1C. The van der Waals surface area contributed by atoms with Crippen LogP contribution in [0.4, 0.5) is 0 Å². The van der Waals surface area contributed by atoms with Gasteiger partial charge in [-0.2, -0.15) is 4.72 Å². The standard InChI is InChI=1S/C19H30N2O4S/c1-14-13-17(11-12-18(14)25-3)26(23,24)21-15(2)19(22)20-16-9-7-5-4-6-8-10-16/h11-13,15-16,21H,4-10H2,1-3H3,(H,20,22)/t15-/m0/s1. The van der Waals surface area contributed by atoms with E-state index in [0.29, 0.717) is 5.75 Å². The predicted molar refractivity (Wildman–Crippen MR) is 102 cm³/mol. The average Bonchev–Trinajstić information content (AvgIpc) is 2.56. The third-order valence-corrected chi connectivity index (χ3v) is 6.39. The molecular formula is C19H30N2O4S. The molecule has 0 aliphatic heterocycles. The van der Waals surface area contributed by atoms with E-state index in [1.54, 1.807) is 26.0 Å². The molecule has 1 aliphatic rings. The van der Waals surface area contributed by atoms with E-state index in [0.717, 1.165) is 31.2 Å². The Labute approximate surface area is 156 Å². The van der Waals surface area contributed by atoms with Crippen molar-refractivity contribution in [1.82, 2.24) is 10.0 Å². The molecule has 1 atom stereocenters. The molecule has 6 nitrogen and oxygen atoms in total. The van der Waals surface area contributed by atoms with E-state index in [1.165, 1.54) is 32.4 Å². The highest BCUT2D eigenvalue weighted by Gasteiger charge is 2.24. The molecule has 1 aromatic rings. The minimum Gasteiger partial charge on any atom is -0.496 e. The van der Waals surface area contributed by atoms with Gasteiger partial charge in [0.2, 0.25) is 15.9 Å². The number of benzene rings is 1. The van der Waals surface area contributed by atoms with Crippen LogP contribution in [0.5, 0.6) is 5.75 Å². The molecule has 1 aliphatic carbocycles. The summed E-state index contributed by atoms with van der Waals surface area (Å²) in [5.41, 5.74) is 0.724. The summed E-state index contributed by atoms with van der Waals surface area (Å²) < 4.78 is 32.7. The van der Waals surface area contributed by atoms with Gasteiger partial charge in [0.25, 0.3) is 0 Å². The summed E-state index contributed by atoms with van der Waals surface area (Å²) in [5, 5.41) is 3.00. The average molecular weight is 383 g/mol. The second-order valence-electron chi connectivity index (χ2n) is 7.03. The van der Waals surface area contributed by atoms with Gasteiger partial charge in [-0.25, -0.2) is 8.42 Å². The van der Waals surface area contributed by atoms with Gasteiger partial charge in [-0.3, -0.25) is 4.79 Å². The molecule has 1 saturated carbocycles. The predicted octanol–water partition coefficient (Wildman–Crippen LogP) is 2.90. The van der Waals surface area contributed by atoms with Gasteiger partial charge in [-0.15, -0.1) is 0 Å². The highest BCUT2D eigenvalue weighted by molar-refractivity contribution is 7.89. The number of methoxy groups -OCH3 is 1. The van der Waals surface area contributed by atoms with Gasteiger partial charge in [0.05, 0.1) is 18.0 Å². The normalized spacial score (nSPS) is 17.8. The minimum atomic E-state index is -3.77. The largest absolute Gasteiger partial charge is 0.496 e. The number of amides is 1. The van der Waals surface area contributed by atoms with Crippen LogP contribution in [0.3, 0.4) is 0 Å². The first-order chi connectivity index (χ1) is 12.3. The van der Waals surface area contributed by atoms with Crippen LogP contribution in [-0.4, -0.2) is 33.5 Å². The van der Waals surface area contributed by atoms with E-state index in [9.17, 15) is 13.2 Å². The van der Waals surface area contributed by atoms with Crippen LogP contribution in [0.15, 0.2) is 23.1 Å². The fourth-order valence-electron chi connectivity index (χ4n) is 3.30. The second kappa shape index (κ2) is 9.37. The molecule has 0 aromatic heterocycles. The molecule has 1 amide bonds. The Kier molecular flexibility index (Phi) is 7.46. The maximum Gasteiger partial charge on any atom is 0.241 e. The summed E-state index contributed by atoms with van der Waals surface area (Å²) in [5.74, 6) is 0.350. The highest BCUT2D eigenvalue weighted by Crippen LogP contribution is 2.21. The zero-order valence-electron chi connectivity index (χ0n) is 15.9. The Morgan fingerprint density at radius 2 is 1.77 bits per heavy atom. The number of hydrogen-bond acceptors (Lipinski definition) is 4. The third-order valence-electron chi connectivity index (χ3n) is 4.85. The van der Waals surface area contributed by atoms with E-state index >= 15 is 0 Å². The van der Waals surface area contributed by atoms with Gasteiger partial charge in [0.15, 0.2) is 0 Å². The number of ether oxygens (including phenoxy) is 1. The van der Waals surface area contributed by atoms with Crippen LogP contribution >= 0.6 is 0 Å². The summed E-state index contributed by atoms with van der Waals surface area (Å²) in [6, 6.07) is 3.95. The summed E-state index contributed by atoms with van der Waals surface area (Å²) in [6.45, 7) is 3.36. The third kappa shape index (κ3) is 5.71. The molecule has 1 fully saturated rings. The van der Waals surface area contributed by atoms with Crippen molar-refractivity contribution in [1.29, 1.82) is 0 Å². The summed E-state index contributed by atoms with van der Waals surface area (Å²) in [6.07, 6.45) is 7.80. The fraction of sp³-hybridized carbons (Fsp3) is 0.632. The van der Waals surface area contributed by atoms with Gasteiger partial charge in [0, 0.05) is 6.04 Å². The second-order valence-corrected chi connectivity index (χ2v) is 8.74. The molecule has 0 unspecified atom stereocenters. The number of sulfonamides is 1. The Hall–Kier alpha value is -1.60.